The third kappa shape index (κ3) is 6.14. The Balaban J connectivity index is 3.26. The predicted octanol–water partition coefficient (Wildman–Crippen LogP) is 2.35. The average Bonchev–Trinajstić information content (AvgIpc) is 1.82. The van der Waals surface area contributed by atoms with Crippen molar-refractivity contribution in [1.82, 2.24) is 0 Å². The molecule has 2 heteroatoms. The van der Waals surface area contributed by atoms with E-state index in [1.807, 2.05) is 6.26 Å². The highest BCUT2D eigenvalue weighted by molar-refractivity contribution is 7.98. The average molecular weight is 160 g/mol. The Bertz CT molecular complexity index is 99.4. The van der Waals surface area contributed by atoms with Crippen LogP contribution in [0.4, 0.5) is 0 Å². The zero-order valence-electron chi connectivity index (χ0n) is 7.02. The van der Waals surface area contributed by atoms with Crippen molar-refractivity contribution in [3.8, 4) is 0 Å². The Hall–Kier alpha value is 0.0200. The van der Waals surface area contributed by atoms with Gasteiger partial charge in [0, 0.05) is 12.8 Å². The summed E-state index contributed by atoms with van der Waals surface area (Å²) in [6.45, 7) is 4.16. The summed E-state index contributed by atoms with van der Waals surface area (Å²) in [4.78, 5) is 11.0. The summed E-state index contributed by atoms with van der Waals surface area (Å²) in [6.07, 6.45) is 3.53. The number of hydrogen-bond donors (Lipinski definition) is 0. The third-order valence-electron chi connectivity index (χ3n) is 1.22. The molecular weight excluding hydrogens is 144 g/mol. The van der Waals surface area contributed by atoms with E-state index in [0.29, 0.717) is 11.7 Å². The highest BCUT2D eigenvalue weighted by atomic mass is 32.2. The summed E-state index contributed by atoms with van der Waals surface area (Å²) in [6, 6.07) is 0. The molecule has 1 nitrogen and oxygen atoms in total. The molecule has 0 aromatic rings. The van der Waals surface area contributed by atoms with Crippen LogP contribution in [0.15, 0.2) is 0 Å². The summed E-state index contributed by atoms with van der Waals surface area (Å²) in [7, 11) is 0. The molecule has 0 N–H and O–H groups in total. The molecule has 0 bridgehead atoms. The van der Waals surface area contributed by atoms with Gasteiger partial charge in [-0.25, -0.2) is 0 Å². The molecule has 0 aliphatic rings. The summed E-state index contributed by atoms with van der Waals surface area (Å²) >= 11 is 1.74. The lowest BCUT2D eigenvalue weighted by Crippen LogP contribution is -2.03. The van der Waals surface area contributed by atoms with Gasteiger partial charge in [-0.1, -0.05) is 13.8 Å². The van der Waals surface area contributed by atoms with E-state index in [1.165, 1.54) is 0 Å². The lowest BCUT2D eigenvalue weighted by atomic mass is 10.1. The van der Waals surface area contributed by atoms with Gasteiger partial charge in [-0.2, -0.15) is 11.8 Å². The van der Waals surface area contributed by atoms with Crippen molar-refractivity contribution < 1.29 is 4.79 Å². The zero-order chi connectivity index (χ0) is 7.98. The second-order valence-electron chi connectivity index (χ2n) is 2.88. The molecule has 0 aromatic heterocycles. The first-order chi connectivity index (χ1) is 4.66. The van der Waals surface area contributed by atoms with Crippen LogP contribution in [-0.2, 0) is 4.79 Å². The Kier molecular flexibility index (Phi) is 5.79. The van der Waals surface area contributed by atoms with Crippen LogP contribution in [-0.4, -0.2) is 17.8 Å². The Morgan fingerprint density at radius 2 is 2.10 bits per heavy atom. The van der Waals surface area contributed by atoms with E-state index in [9.17, 15) is 4.79 Å². The van der Waals surface area contributed by atoms with E-state index in [0.717, 1.165) is 18.6 Å². The van der Waals surface area contributed by atoms with E-state index in [2.05, 4.69) is 13.8 Å². The Morgan fingerprint density at radius 3 is 2.50 bits per heavy atom. The maximum atomic E-state index is 11.0. The zero-order valence-corrected chi connectivity index (χ0v) is 7.83. The molecule has 0 unspecified atom stereocenters. The van der Waals surface area contributed by atoms with Gasteiger partial charge in [0.15, 0.2) is 0 Å². The monoisotopic (exact) mass is 160 g/mol. The highest BCUT2D eigenvalue weighted by Gasteiger charge is 2.03. The van der Waals surface area contributed by atoms with Gasteiger partial charge in [0.05, 0.1) is 0 Å². The standard InChI is InChI=1S/C8H16OS/c1-7(2)6-8(9)4-5-10-3/h7H,4-6H2,1-3H3. The molecule has 0 radical (unpaired) electrons. The smallest absolute Gasteiger partial charge is 0.133 e. The van der Waals surface area contributed by atoms with Crippen molar-refractivity contribution in [2.24, 2.45) is 5.92 Å². The topological polar surface area (TPSA) is 17.1 Å². The number of Topliss-reactive ketones (excluding diaryl/α,β-unsaturated/α-hetero) is 1. The van der Waals surface area contributed by atoms with Crippen molar-refractivity contribution >= 4 is 17.5 Å². The molecule has 0 aromatic carbocycles. The first-order valence-electron chi connectivity index (χ1n) is 3.67. The molecule has 0 aliphatic heterocycles. The second-order valence-corrected chi connectivity index (χ2v) is 3.87. The first-order valence-corrected chi connectivity index (χ1v) is 5.06. The van der Waals surface area contributed by atoms with Crippen LogP contribution < -0.4 is 0 Å². The minimum atomic E-state index is 0.407. The molecular formula is C8H16OS. The molecule has 0 aliphatic carbocycles. The normalized spacial score (nSPS) is 10.4. The Morgan fingerprint density at radius 1 is 1.50 bits per heavy atom. The molecule has 0 rings (SSSR count). The minimum Gasteiger partial charge on any atom is -0.300 e. The number of carbonyl (C=O) groups is 1. The third-order valence-corrected chi connectivity index (χ3v) is 1.83. The van der Waals surface area contributed by atoms with Gasteiger partial charge >= 0.3 is 0 Å². The van der Waals surface area contributed by atoms with E-state index < -0.39 is 0 Å². The second kappa shape index (κ2) is 5.78. The number of hydrogen-bond acceptors (Lipinski definition) is 2. The van der Waals surface area contributed by atoms with Gasteiger partial charge in [0.25, 0.3) is 0 Å². The fraction of sp³-hybridized carbons (Fsp3) is 0.875. The molecule has 60 valence electrons. The van der Waals surface area contributed by atoms with E-state index >= 15 is 0 Å². The molecule has 0 saturated heterocycles. The van der Waals surface area contributed by atoms with Crippen LogP contribution in [0.1, 0.15) is 26.7 Å². The fourth-order valence-electron chi connectivity index (χ4n) is 0.773. The van der Waals surface area contributed by atoms with Crippen molar-refractivity contribution in [3.63, 3.8) is 0 Å². The van der Waals surface area contributed by atoms with E-state index in [1.54, 1.807) is 11.8 Å². The van der Waals surface area contributed by atoms with Gasteiger partial charge in [-0.3, -0.25) is 4.79 Å². The van der Waals surface area contributed by atoms with Crippen molar-refractivity contribution in [3.05, 3.63) is 0 Å². The van der Waals surface area contributed by atoms with Crippen molar-refractivity contribution in [2.75, 3.05) is 12.0 Å². The minimum absolute atomic E-state index is 0.407. The molecule has 0 amide bonds. The van der Waals surface area contributed by atoms with Gasteiger partial charge in [0.1, 0.15) is 5.78 Å². The molecule has 0 atom stereocenters. The van der Waals surface area contributed by atoms with E-state index in [-0.39, 0.29) is 0 Å². The van der Waals surface area contributed by atoms with Gasteiger partial charge in [-0.05, 0) is 17.9 Å². The summed E-state index contributed by atoms with van der Waals surface area (Å²) < 4.78 is 0. The fourth-order valence-corrected chi connectivity index (χ4v) is 1.21. The SMILES string of the molecule is CSCCC(=O)CC(C)C. The Labute approximate surface area is 67.6 Å². The first kappa shape index (κ1) is 10.0. The number of ketones is 1. The lowest BCUT2D eigenvalue weighted by molar-refractivity contribution is -0.119. The number of thioether (sulfide) groups is 1. The molecule has 0 spiro atoms. The molecule has 0 heterocycles. The predicted molar refractivity (Wildman–Crippen MR) is 47.5 cm³/mol. The molecule has 0 saturated carbocycles. The van der Waals surface area contributed by atoms with Gasteiger partial charge in [-0.15, -0.1) is 0 Å². The molecule has 10 heavy (non-hydrogen) atoms. The maximum Gasteiger partial charge on any atom is 0.133 e. The quantitative estimate of drug-likeness (QED) is 0.614. The van der Waals surface area contributed by atoms with Gasteiger partial charge in [0.2, 0.25) is 0 Å². The van der Waals surface area contributed by atoms with Gasteiger partial charge < -0.3 is 0 Å². The highest BCUT2D eigenvalue weighted by Crippen LogP contribution is 2.05. The number of rotatable bonds is 5. The van der Waals surface area contributed by atoms with Crippen LogP contribution in [0.2, 0.25) is 0 Å². The lowest BCUT2D eigenvalue weighted by Gasteiger charge is -2.01. The van der Waals surface area contributed by atoms with Crippen molar-refractivity contribution in [1.29, 1.82) is 0 Å². The van der Waals surface area contributed by atoms with Crippen LogP contribution in [0.3, 0.4) is 0 Å². The van der Waals surface area contributed by atoms with Crippen molar-refractivity contribution in [2.45, 2.75) is 26.7 Å². The largest absolute Gasteiger partial charge is 0.300 e. The maximum absolute atomic E-state index is 11.0. The summed E-state index contributed by atoms with van der Waals surface area (Å²) in [5.41, 5.74) is 0. The number of carbonyl (C=O) groups excluding carboxylic acids is 1. The van der Waals surface area contributed by atoms with Crippen LogP contribution >= 0.6 is 11.8 Å². The van der Waals surface area contributed by atoms with Crippen LogP contribution in [0.5, 0.6) is 0 Å². The van der Waals surface area contributed by atoms with Crippen LogP contribution in [0.25, 0.3) is 0 Å². The van der Waals surface area contributed by atoms with E-state index in [4.69, 9.17) is 0 Å². The molecule has 0 fully saturated rings. The summed E-state index contributed by atoms with van der Waals surface area (Å²) in [5, 5.41) is 0. The summed E-state index contributed by atoms with van der Waals surface area (Å²) in [5.74, 6) is 1.91. The van der Waals surface area contributed by atoms with Crippen LogP contribution in [0, 0.1) is 5.92 Å².